The summed E-state index contributed by atoms with van der Waals surface area (Å²) in [6.45, 7) is 3.33. The minimum Gasteiger partial charge on any atom is -0.355 e. The van der Waals surface area contributed by atoms with Gasteiger partial charge in [0.1, 0.15) is 4.90 Å². The van der Waals surface area contributed by atoms with Gasteiger partial charge in [0.15, 0.2) is 5.96 Å². The van der Waals surface area contributed by atoms with Crippen LogP contribution in [0.25, 0.3) is 0 Å². The Bertz CT molecular complexity index is 790. The zero-order valence-electron chi connectivity index (χ0n) is 14.4. The van der Waals surface area contributed by atoms with Crippen molar-refractivity contribution >= 4 is 16.0 Å². The summed E-state index contributed by atoms with van der Waals surface area (Å²) < 4.78 is 26.6. The standard InChI is InChI=1S/C17H23N5O2S/c1-14-5-7-15(8-6-14)12-21-17(18-2)20-10-11-22-25(23,24)16-4-3-9-19-13-16/h3-9,13,22H,10-12H2,1-2H3,(H2,18,20,21). The molecule has 0 unspecified atom stereocenters. The van der Waals surface area contributed by atoms with E-state index < -0.39 is 10.0 Å². The van der Waals surface area contributed by atoms with Crippen molar-refractivity contribution in [3.05, 3.63) is 59.9 Å². The van der Waals surface area contributed by atoms with E-state index in [1.54, 1.807) is 13.1 Å². The Labute approximate surface area is 148 Å². The Morgan fingerprint density at radius 1 is 1.12 bits per heavy atom. The van der Waals surface area contributed by atoms with Gasteiger partial charge in [0.2, 0.25) is 10.0 Å². The first kappa shape index (κ1) is 18.9. The molecule has 1 aromatic carbocycles. The van der Waals surface area contributed by atoms with Crippen molar-refractivity contribution in [3.63, 3.8) is 0 Å². The molecular formula is C17H23N5O2S. The molecule has 0 saturated carbocycles. The molecule has 0 spiro atoms. The monoisotopic (exact) mass is 361 g/mol. The summed E-state index contributed by atoms with van der Waals surface area (Å²) >= 11 is 0. The second-order valence-corrected chi connectivity index (χ2v) is 7.19. The van der Waals surface area contributed by atoms with Gasteiger partial charge in [0.25, 0.3) is 0 Å². The number of aliphatic imine (C=N–C) groups is 1. The predicted molar refractivity (Wildman–Crippen MR) is 98.8 cm³/mol. The van der Waals surface area contributed by atoms with Crippen LogP contribution in [0.3, 0.4) is 0 Å². The third kappa shape index (κ3) is 6.17. The smallest absolute Gasteiger partial charge is 0.242 e. The molecule has 2 aromatic rings. The van der Waals surface area contributed by atoms with Gasteiger partial charge in [-0.05, 0) is 24.6 Å². The minimum absolute atomic E-state index is 0.150. The molecule has 0 bridgehead atoms. The number of nitrogens with one attached hydrogen (secondary N) is 3. The van der Waals surface area contributed by atoms with E-state index in [0.29, 0.717) is 19.0 Å². The van der Waals surface area contributed by atoms with E-state index >= 15 is 0 Å². The van der Waals surface area contributed by atoms with Crippen molar-refractivity contribution in [1.29, 1.82) is 0 Å². The molecule has 0 amide bonds. The third-order valence-electron chi connectivity index (χ3n) is 3.46. The Morgan fingerprint density at radius 2 is 1.88 bits per heavy atom. The lowest BCUT2D eigenvalue weighted by atomic mass is 10.1. The number of sulfonamides is 1. The van der Waals surface area contributed by atoms with E-state index in [2.05, 4.69) is 49.6 Å². The van der Waals surface area contributed by atoms with Gasteiger partial charge in [0, 0.05) is 39.1 Å². The number of rotatable bonds is 7. The number of benzene rings is 1. The first-order chi connectivity index (χ1) is 12.0. The van der Waals surface area contributed by atoms with E-state index in [0.717, 1.165) is 5.56 Å². The van der Waals surface area contributed by atoms with Crippen molar-refractivity contribution in [1.82, 2.24) is 20.3 Å². The van der Waals surface area contributed by atoms with E-state index in [4.69, 9.17) is 0 Å². The molecule has 25 heavy (non-hydrogen) atoms. The van der Waals surface area contributed by atoms with Crippen LogP contribution in [0.1, 0.15) is 11.1 Å². The van der Waals surface area contributed by atoms with Crippen LogP contribution < -0.4 is 15.4 Å². The number of aromatic nitrogens is 1. The van der Waals surface area contributed by atoms with Crippen LogP contribution in [-0.2, 0) is 16.6 Å². The molecule has 7 nitrogen and oxygen atoms in total. The van der Waals surface area contributed by atoms with Gasteiger partial charge in [-0.1, -0.05) is 29.8 Å². The molecule has 0 atom stereocenters. The molecule has 0 aliphatic rings. The van der Waals surface area contributed by atoms with E-state index in [1.807, 2.05) is 6.92 Å². The molecule has 0 aliphatic heterocycles. The average Bonchev–Trinajstić information content (AvgIpc) is 2.63. The second-order valence-electron chi connectivity index (χ2n) is 5.42. The number of hydrogen-bond acceptors (Lipinski definition) is 4. The van der Waals surface area contributed by atoms with Crippen molar-refractivity contribution in [2.24, 2.45) is 4.99 Å². The SMILES string of the molecule is CN=C(NCCNS(=O)(=O)c1cccnc1)NCc1ccc(C)cc1. The number of nitrogens with zero attached hydrogens (tertiary/aromatic N) is 2. The molecular weight excluding hydrogens is 338 g/mol. The highest BCUT2D eigenvalue weighted by molar-refractivity contribution is 7.89. The molecule has 0 aliphatic carbocycles. The first-order valence-corrected chi connectivity index (χ1v) is 9.39. The number of pyridine rings is 1. The van der Waals surface area contributed by atoms with Gasteiger partial charge in [-0.2, -0.15) is 0 Å². The zero-order valence-corrected chi connectivity index (χ0v) is 15.2. The summed E-state index contributed by atoms with van der Waals surface area (Å²) in [5.74, 6) is 0.612. The van der Waals surface area contributed by atoms with Crippen LogP contribution in [-0.4, -0.2) is 39.5 Å². The summed E-state index contributed by atoms with van der Waals surface area (Å²) in [4.78, 5) is 8.09. The molecule has 8 heteroatoms. The van der Waals surface area contributed by atoms with Crippen LogP contribution in [0.4, 0.5) is 0 Å². The lowest BCUT2D eigenvalue weighted by Gasteiger charge is -2.12. The summed E-state index contributed by atoms with van der Waals surface area (Å²) in [5.41, 5.74) is 2.36. The van der Waals surface area contributed by atoms with E-state index in [1.165, 1.54) is 24.0 Å². The fourth-order valence-corrected chi connectivity index (χ4v) is 3.06. The van der Waals surface area contributed by atoms with Gasteiger partial charge >= 0.3 is 0 Å². The van der Waals surface area contributed by atoms with Gasteiger partial charge in [-0.25, -0.2) is 13.1 Å². The largest absolute Gasteiger partial charge is 0.355 e. The normalized spacial score (nSPS) is 12.0. The summed E-state index contributed by atoms with van der Waals surface area (Å²) in [6.07, 6.45) is 2.85. The fraction of sp³-hybridized carbons (Fsp3) is 0.294. The Balaban J connectivity index is 1.75. The molecule has 0 fully saturated rings. The fourth-order valence-electron chi connectivity index (χ4n) is 2.07. The number of hydrogen-bond donors (Lipinski definition) is 3. The lowest BCUT2D eigenvalue weighted by Crippen LogP contribution is -2.41. The quantitative estimate of drug-likeness (QED) is 0.389. The van der Waals surface area contributed by atoms with Crippen LogP contribution in [0.5, 0.6) is 0 Å². The molecule has 134 valence electrons. The second kappa shape index (κ2) is 9.14. The third-order valence-corrected chi connectivity index (χ3v) is 4.90. The van der Waals surface area contributed by atoms with Crippen molar-refractivity contribution in [3.8, 4) is 0 Å². The maximum absolute atomic E-state index is 12.1. The van der Waals surface area contributed by atoms with Gasteiger partial charge < -0.3 is 10.6 Å². The van der Waals surface area contributed by atoms with Gasteiger partial charge in [0.05, 0.1) is 0 Å². The van der Waals surface area contributed by atoms with Crippen LogP contribution in [0.15, 0.2) is 58.7 Å². The summed E-state index contributed by atoms with van der Waals surface area (Å²) in [7, 11) is -1.87. The zero-order chi connectivity index (χ0) is 18.1. The number of guanidine groups is 1. The maximum atomic E-state index is 12.1. The first-order valence-electron chi connectivity index (χ1n) is 7.91. The van der Waals surface area contributed by atoms with E-state index in [-0.39, 0.29) is 11.4 Å². The van der Waals surface area contributed by atoms with Crippen LogP contribution in [0, 0.1) is 6.92 Å². The van der Waals surface area contributed by atoms with Crippen molar-refractivity contribution in [2.45, 2.75) is 18.4 Å². The van der Waals surface area contributed by atoms with Crippen molar-refractivity contribution in [2.75, 3.05) is 20.1 Å². The predicted octanol–water partition coefficient (Wildman–Crippen LogP) is 1.03. The Morgan fingerprint density at radius 3 is 2.52 bits per heavy atom. The van der Waals surface area contributed by atoms with E-state index in [9.17, 15) is 8.42 Å². The molecule has 0 radical (unpaired) electrons. The molecule has 0 saturated heterocycles. The molecule has 2 rings (SSSR count). The van der Waals surface area contributed by atoms with Gasteiger partial charge in [-0.15, -0.1) is 0 Å². The van der Waals surface area contributed by atoms with Gasteiger partial charge in [-0.3, -0.25) is 9.98 Å². The highest BCUT2D eigenvalue weighted by atomic mass is 32.2. The maximum Gasteiger partial charge on any atom is 0.242 e. The van der Waals surface area contributed by atoms with Crippen LogP contribution in [0.2, 0.25) is 0 Å². The topological polar surface area (TPSA) is 95.5 Å². The molecule has 1 aromatic heterocycles. The minimum atomic E-state index is -3.54. The van der Waals surface area contributed by atoms with Crippen LogP contribution >= 0.6 is 0 Å². The highest BCUT2D eigenvalue weighted by Gasteiger charge is 2.12. The molecule has 3 N–H and O–H groups in total. The number of aryl methyl sites for hydroxylation is 1. The Hall–Kier alpha value is -2.45. The molecule has 1 heterocycles. The summed E-state index contributed by atoms with van der Waals surface area (Å²) in [6, 6.07) is 11.3. The summed E-state index contributed by atoms with van der Waals surface area (Å²) in [5, 5.41) is 6.26. The van der Waals surface area contributed by atoms with Crippen molar-refractivity contribution < 1.29 is 8.42 Å². The highest BCUT2D eigenvalue weighted by Crippen LogP contribution is 2.04. The lowest BCUT2D eigenvalue weighted by molar-refractivity contribution is 0.580. The Kier molecular flexibility index (Phi) is 6.91. The average molecular weight is 361 g/mol.